The number of carbonyl (C=O) groups is 1. The Labute approximate surface area is 222 Å². The van der Waals surface area contributed by atoms with Crippen molar-refractivity contribution >= 4 is 29.2 Å². The number of hydrogen-bond acceptors (Lipinski definition) is 4. The van der Waals surface area contributed by atoms with Gasteiger partial charge in [-0.2, -0.15) is 13.2 Å². The number of anilines is 1. The van der Waals surface area contributed by atoms with Crippen LogP contribution in [0.5, 0.6) is 11.5 Å². The summed E-state index contributed by atoms with van der Waals surface area (Å²) in [7, 11) is 0. The highest BCUT2D eigenvalue weighted by Gasteiger charge is 2.38. The SMILES string of the molecule is NC(N)=NCCc1ccc(OCCC2Oc3ccc(C(F)(F)F)cc3N(Cc3cccc(Cl)c3)C2=O)cc1. The van der Waals surface area contributed by atoms with Crippen LogP contribution in [-0.4, -0.2) is 31.1 Å². The predicted molar refractivity (Wildman–Crippen MR) is 139 cm³/mol. The van der Waals surface area contributed by atoms with Crippen LogP contribution in [0.25, 0.3) is 0 Å². The second-order valence-electron chi connectivity index (χ2n) is 8.68. The summed E-state index contributed by atoms with van der Waals surface area (Å²) >= 11 is 6.08. The molecular weight excluding hydrogens is 521 g/mol. The molecule has 0 fully saturated rings. The maximum absolute atomic E-state index is 13.4. The third-order valence-corrected chi connectivity index (χ3v) is 6.12. The number of alkyl halides is 3. The molecule has 1 unspecified atom stereocenters. The molecule has 11 heteroatoms. The Morgan fingerprint density at radius 2 is 1.82 bits per heavy atom. The molecule has 0 bridgehead atoms. The monoisotopic (exact) mass is 546 g/mol. The fourth-order valence-electron chi connectivity index (χ4n) is 4.01. The van der Waals surface area contributed by atoms with Gasteiger partial charge in [-0.25, -0.2) is 0 Å². The molecule has 38 heavy (non-hydrogen) atoms. The molecule has 0 aromatic heterocycles. The second-order valence-corrected chi connectivity index (χ2v) is 9.12. The van der Waals surface area contributed by atoms with Gasteiger partial charge in [0.25, 0.3) is 5.91 Å². The highest BCUT2D eigenvalue weighted by molar-refractivity contribution is 6.30. The fraction of sp³-hybridized carbons (Fsp3) is 0.259. The number of nitrogens with zero attached hydrogens (tertiary/aromatic N) is 2. The van der Waals surface area contributed by atoms with Crippen LogP contribution in [0.2, 0.25) is 5.02 Å². The molecule has 1 aliphatic rings. The zero-order valence-corrected chi connectivity index (χ0v) is 21.0. The number of benzene rings is 3. The summed E-state index contributed by atoms with van der Waals surface area (Å²) in [5.41, 5.74) is 11.5. The number of nitrogens with two attached hydrogens (primary N) is 2. The largest absolute Gasteiger partial charge is 0.493 e. The Morgan fingerprint density at radius 1 is 1.05 bits per heavy atom. The first-order chi connectivity index (χ1) is 18.1. The van der Waals surface area contributed by atoms with Crippen molar-refractivity contribution in [3.05, 3.63) is 88.4 Å². The molecule has 1 heterocycles. The number of ether oxygens (including phenoxy) is 2. The van der Waals surface area contributed by atoms with E-state index in [2.05, 4.69) is 4.99 Å². The normalized spacial score (nSPS) is 15.0. The standard InChI is InChI=1S/C27H26ClF3N4O3/c28-20-3-1-2-18(14-20)16-35-22-15-19(27(29,30)31)6-9-23(22)38-24(25(35)36)11-13-37-21-7-4-17(5-8-21)10-12-34-26(32)33/h1-9,14-15,24H,10-13,16H2,(H4,32,33,34). The molecule has 200 valence electrons. The number of aliphatic imine (C=N–C) groups is 1. The van der Waals surface area contributed by atoms with Gasteiger partial charge in [0.15, 0.2) is 12.1 Å². The summed E-state index contributed by atoms with van der Waals surface area (Å²) in [5, 5.41) is 0.458. The number of rotatable bonds is 9. The predicted octanol–water partition coefficient (Wildman–Crippen LogP) is 4.94. The minimum atomic E-state index is -4.56. The lowest BCUT2D eigenvalue weighted by Gasteiger charge is -2.35. The van der Waals surface area contributed by atoms with Gasteiger partial charge in [-0.3, -0.25) is 9.79 Å². The summed E-state index contributed by atoms with van der Waals surface area (Å²) in [6, 6.07) is 17.3. The molecule has 3 aromatic carbocycles. The summed E-state index contributed by atoms with van der Waals surface area (Å²) in [4.78, 5) is 18.6. The minimum Gasteiger partial charge on any atom is -0.493 e. The van der Waals surface area contributed by atoms with Crippen LogP contribution >= 0.6 is 11.6 Å². The van der Waals surface area contributed by atoms with Crippen LogP contribution < -0.4 is 25.8 Å². The van der Waals surface area contributed by atoms with Crippen molar-refractivity contribution in [2.24, 2.45) is 16.5 Å². The van der Waals surface area contributed by atoms with Crippen LogP contribution in [0.4, 0.5) is 18.9 Å². The van der Waals surface area contributed by atoms with Crippen molar-refractivity contribution in [2.45, 2.75) is 31.7 Å². The maximum Gasteiger partial charge on any atom is 0.416 e. The second kappa shape index (κ2) is 11.6. The van der Waals surface area contributed by atoms with E-state index in [9.17, 15) is 18.0 Å². The molecule has 1 atom stereocenters. The van der Waals surface area contributed by atoms with E-state index in [0.29, 0.717) is 29.3 Å². The number of carbonyl (C=O) groups excluding carboxylic acids is 1. The quantitative estimate of drug-likeness (QED) is 0.292. The number of guanidine groups is 1. The zero-order valence-electron chi connectivity index (χ0n) is 20.2. The lowest BCUT2D eigenvalue weighted by Crippen LogP contribution is -2.46. The van der Waals surface area contributed by atoms with Gasteiger partial charge in [-0.15, -0.1) is 0 Å². The Bertz CT molecular complexity index is 1310. The van der Waals surface area contributed by atoms with E-state index < -0.39 is 23.8 Å². The van der Waals surface area contributed by atoms with Crippen molar-refractivity contribution in [3.63, 3.8) is 0 Å². The van der Waals surface area contributed by atoms with Gasteiger partial charge < -0.3 is 25.8 Å². The molecule has 0 saturated heterocycles. The Hall–Kier alpha value is -3.92. The topological polar surface area (TPSA) is 103 Å². The van der Waals surface area contributed by atoms with Crippen molar-refractivity contribution < 1.29 is 27.4 Å². The highest BCUT2D eigenvalue weighted by Crippen LogP contribution is 2.40. The molecule has 3 aromatic rings. The van der Waals surface area contributed by atoms with Crippen LogP contribution in [-0.2, 0) is 23.9 Å². The van der Waals surface area contributed by atoms with Gasteiger partial charge in [0, 0.05) is 18.0 Å². The Balaban J connectivity index is 1.46. The summed E-state index contributed by atoms with van der Waals surface area (Å²) in [6.07, 6.45) is -4.64. The lowest BCUT2D eigenvalue weighted by atomic mass is 10.1. The molecule has 7 nitrogen and oxygen atoms in total. The summed E-state index contributed by atoms with van der Waals surface area (Å²) in [6.45, 7) is 0.668. The molecule has 0 saturated carbocycles. The first kappa shape index (κ1) is 27.1. The van der Waals surface area contributed by atoms with Gasteiger partial charge in [-0.05, 0) is 60.0 Å². The van der Waals surface area contributed by atoms with E-state index in [1.807, 2.05) is 12.1 Å². The molecule has 1 amide bonds. The van der Waals surface area contributed by atoms with Gasteiger partial charge >= 0.3 is 6.18 Å². The average Bonchev–Trinajstić information content (AvgIpc) is 2.86. The number of amides is 1. The van der Waals surface area contributed by atoms with Crippen molar-refractivity contribution in [1.29, 1.82) is 0 Å². The van der Waals surface area contributed by atoms with E-state index in [-0.39, 0.29) is 37.0 Å². The van der Waals surface area contributed by atoms with Crippen LogP contribution in [0, 0.1) is 0 Å². The third kappa shape index (κ3) is 6.89. The molecule has 0 aliphatic carbocycles. The number of halogens is 4. The maximum atomic E-state index is 13.4. The van der Waals surface area contributed by atoms with E-state index in [1.54, 1.807) is 36.4 Å². The Morgan fingerprint density at radius 3 is 2.50 bits per heavy atom. The van der Waals surface area contributed by atoms with Gasteiger partial charge in [0.05, 0.1) is 24.4 Å². The van der Waals surface area contributed by atoms with Gasteiger partial charge in [0.2, 0.25) is 0 Å². The number of hydrogen-bond donors (Lipinski definition) is 2. The Kier molecular flexibility index (Phi) is 8.31. The first-order valence-electron chi connectivity index (χ1n) is 11.8. The van der Waals surface area contributed by atoms with Crippen molar-refractivity contribution in [3.8, 4) is 11.5 Å². The number of fused-ring (bicyclic) bond motifs is 1. The minimum absolute atomic E-state index is 0.0374. The summed E-state index contributed by atoms with van der Waals surface area (Å²) in [5.74, 6) is 0.370. The first-order valence-corrected chi connectivity index (χ1v) is 12.2. The average molecular weight is 547 g/mol. The molecule has 0 spiro atoms. The fourth-order valence-corrected chi connectivity index (χ4v) is 4.23. The van der Waals surface area contributed by atoms with Crippen molar-refractivity contribution in [1.82, 2.24) is 0 Å². The van der Waals surface area contributed by atoms with Crippen molar-refractivity contribution in [2.75, 3.05) is 18.1 Å². The van der Waals surface area contributed by atoms with E-state index in [0.717, 1.165) is 17.7 Å². The lowest BCUT2D eigenvalue weighted by molar-refractivity contribution is -0.137. The van der Waals surface area contributed by atoms with E-state index in [1.165, 1.54) is 11.0 Å². The van der Waals surface area contributed by atoms with Crippen LogP contribution in [0.1, 0.15) is 23.1 Å². The van der Waals surface area contributed by atoms with Gasteiger partial charge in [-0.1, -0.05) is 35.9 Å². The summed E-state index contributed by atoms with van der Waals surface area (Å²) < 4.78 is 51.8. The smallest absolute Gasteiger partial charge is 0.416 e. The molecular formula is C27H26ClF3N4O3. The van der Waals surface area contributed by atoms with Crippen LogP contribution in [0.3, 0.4) is 0 Å². The molecule has 0 radical (unpaired) electrons. The van der Waals surface area contributed by atoms with Gasteiger partial charge in [0.1, 0.15) is 11.5 Å². The highest BCUT2D eigenvalue weighted by atomic mass is 35.5. The molecule has 1 aliphatic heterocycles. The van der Waals surface area contributed by atoms with Crippen LogP contribution in [0.15, 0.2) is 71.7 Å². The molecule has 4 N–H and O–H groups in total. The zero-order chi connectivity index (χ0) is 27.3. The van der Waals surface area contributed by atoms with E-state index >= 15 is 0 Å². The third-order valence-electron chi connectivity index (χ3n) is 5.88. The molecule has 4 rings (SSSR count). The van der Waals surface area contributed by atoms with E-state index in [4.69, 9.17) is 32.5 Å².